The van der Waals surface area contributed by atoms with Crippen LogP contribution in [-0.2, 0) is 11.2 Å². The third kappa shape index (κ3) is 3.08. The Morgan fingerprint density at radius 3 is 2.65 bits per heavy atom. The molecule has 0 aliphatic carbocycles. The molecular weight excluding hydrogens is 214 g/mol. The summed E-state index contributed by atoms with van der Waals surface area (Å²) in [5.41, 5.74) is 0.772. The van der Waals surface area contributed by atoms with Gasteiger partial charge in [-0.15, -0.1) is 0 Å². The number of carboxylic acid groups (broad SMARTS) is 1. The van der Waals surface area contributed by atoms with E-state index >= 15 is 0 Å². The first kappa shape index (κ1) is 6.45. The normalized spacial score (nSPS) is 14.0. The minimum absolute atomic E-state index is 0.0798. The van der Waals surface area contributed by atoms with E-state index in [4.69, 9.17) is 12.0 Å². The van der Waals surface area contributed by atoms with Crippen molar-refractivity contribution in [1.82, 2.24) is 0 Å². The van der Waals surface area contributed by atoms with Crippen molar-refractivity contribution < 1.29 is 16.8 Å². The molecule has 3 heteroatoms. The Kier molecular flexibility index (Phi) is 1.96. The first-order chi connectivity index (χ1) is 10.3. The molecule has 0 amide bonds. The zero-order valence-electron chi connectivity index (χ0n) is 13.9. The summed E-state index contributed by atoms with van der Waals surface area (Å²) in [6, 6.07) is 4.45. The molecule has 0 heterocycles. The van der Waals surface area contributed by atoms with Crippen LogP contribution in [-0.4, -0.2) is 11.1 Å². The van der Waals surface area contributed by atoms with Gasteiger partial charge < -0.3 is 10.4 Å². The summed E-state index contributed by atoms with van der Waals surface area (Å²) in [6.45, 7) is 0. The number of hydrogen-bond acceptors (Lipinski definition) is 2. The lowest BCUT2D eigenvalue weighted by Gasteiger charge is -2.10. The Labute approximate surface area is 107 Å². The van der Waals surface area contributed by atoms with Gasteiger partial charge in [0.15, 0.2) is 0 Å². The van der Waals surface area contributed by atoms with Crippen LogP contribution < -0.4 is 5.32 Å². The molecular formula is C14H13NO2. The molecule has 2 aromatic carbocycles. The number of carboxylic acids is 1. The van der Waals surface area contributed by atoms with Gasteiger partial charge in [0.2, 0.25) is 0 Å². The van der Waals surface area contributed by atoms with Gasteiger partial charge in [-0.2, -0.15) is 0 Å². The van der Waals surface area contributed by atoms with Crippen LogP contribution in [0.2, 0.25) is 0 Å². The van der Waals surface area contributed by atoms with Gasteiger partial charge in [0, 0.05) is 11.4 Å². The molecule has 0 aliphatic heterocycles. The molecule has 0 aliphatic rings. The number of aliphatic carboxylic acids is 1. The number of hydrogen-bond donors (Lipinski definition) is 2. The zero-order chi connectivity index (χ0) is 16.4. The lowest BCUT2D eigenvalue weighted by molar-refractivity contribution is -0.136. The minimum atomic E-state index is -1.02. The van der Waals surface area contributed by atoms with Gasteiger partial charge in [-0.3, -0.25) is 4.79 Å². The predicted octanol–water partition coefficient (Wildman–Crippen LogP) is 3.06. The van der Waals surface area contributed by atoms with E-state index in [-0.39, 0.29) is 24.2 Å². The van der Waals surface area contributed by atoms with E-state index in [0.717, 1.165) is 0 Å². The van der Waals surface area contributed by atoms with Crippen molar-refractivity contribution in [3.63, 3.8) is 0 Å². The van der Waals surface area contributed by atoms with Crippen molar-refractivity contribution >= 4 is 17.3 Å². The largest absolute Gasteiger partial charge is 0.481 e. The number of para-hydroxylation sites is 2. The molecule has 0 spiro atoms. The van der Waals surface area contributed by atoms with E-state index in [1.807, 2.05) is 0 Å². The third-order valence-electron chi connectivity index (χ3n) is 2.12. The second-order valence-corrected chi connectivity index (χ2v) is 3.35. The van der Waals surface area contributed by atoms with Crippen molar-refractivity contribution in [2.24, 2.45) is 0 Å². The van der Waals surface area contributed by atoms with Crippen LogP contribution in [0.1, 0.15) is 12.4 Å². The average Bonchev–Trinajstić information content (AvgIpc) is 2.48. The number of carbonyl (C=O) groups is 1. The maximum Gasteiger partial charge on any atom is 0.307 e. The highest BCUT2D eigenvalue weighted by molar-refractivity contribution is 5.75. The molecule has 0 saturated heterocycles. The van der Waals surface area contributed by atoms with E-state index in [2.05, 4.69) is 5.32 Å². The van der Waals surface area contributed by atoms with Crippen LogP contribution in [0, 0.1) is 0 Å². The molecule has 0 bridgehead atoms. The molecule has 0 aromatic heterocycles. The topological polar surface area (TPSA) is 49.3 Å². The number of nitrogens with one attached hydrogen (secondary N) is 1. The Morgan fingerprint density at radius 1 is 1.24 bits per heavy atom. The monoisotopic (exact) mass is 232 g/mol. The maximum absolute atomic E-state index is 10.9. The van der Waals surface area contributed by atoms with E-state index in [0.29, 0.717) is 11.3 Å². The van der Waals surface area contributed by atoms with E-state index < -0.39 is 24.1 Å². The summed E-state index contributed by atoms with van der Waals surface area (Å²) in [5.74, 6) is -1.02. The molecule has 86 valence electrons. The van der Waals surface area contributed by atoms with Crippen molar-refractivity contribution in [1.29, 1.82) is 0 Å². The second kappa shape index (κ2) is 5.16. The van der Waals surface area contributed by atoms with Crippen LogP contribution in [0.4, 0.5) is 11.4 Å². The summed E-state index contributed by atoms with van der Waals surface area (Å²) in [5, 5.41) is 11.7. The molecule has 0 unspecified atom stereocenters. The quantitative estimate of drug-likeness (QED) is 0.851. The predicted molar refractivity (Wildman–Crippen MR) is 67.5 cm³/mol. The van der Waals surface area contributed by atoms with E-state index in [1.165, 1.54) is 0 Å². The summed E-state index contributed by atoms with van der Waals surface area (Å²) in [4.78, 5) is 10.9. The zero-order valence-corrected chi connectivity index (χ0v) is 8.87. The molecule has 3 nitrogen and oxygen atoms in total. The lowest BCUT2D eigenvalue weighted by Crippen LogP contribution is -2.03. The van der Waals surface area contributed by atoms with Crippen LogP contribution in [0.15, 0.2) is 54.5 Å². The molecule has 17 heavy (non-hydrogen) atoms. The van der Waals surface area contributed by atoms with Crippen molar-refractivity contribution in [2.45, 2.75) is 6.42 Å². The molecule has 0 saturated carbocycles. The van der Waals surface area contributed by atoms with Gasteiger partial charge in [0.25, 0.3) is 0 Å². The lowest BCUT2D eigenvalue weighted by atomic mass is 10.1. The van der Waals surface area contributed by atoms with Gasteiger partial charge in [0.1, 0.15) is 0 Å². The fraction of sp³-hybridized carbons (Fsp3) is 0.0714. The van der Waals surface area contributed by atoms with Crippen LogP contribution in [0.3, 0.4) is 0 Å². The van der Waals surface area contributed by atoms with Gasteiger partial charge in [0.05, 0.1) is 13.3 Å². The molecule has 0 radical (unpaired) electrons. The minimum Gasteiger partial charge on any atom is -0.481 e. The summed E-state index contributed by atoms with van der Waals surface area (Å²) in [7, 11) is 0. The smallest absolute Gasteiger partial charge is 0.307 e. The number of anilines is 2. The molecule has 2 aromatic rings. The Hall–Kier alpha value is -2.29. The Morgan fingerprint density at radius 2 is 1.94 bits per heavy atom. The van der Waals surface area contributed by atoms with Gasteiger partial charge in [-0.25, -0.2) is 0 Å². The second-order valence-electron chi connectivity index (χ2n) is 3.35. The van der Waals surface area contributed by atoms with Crippen molar-refractivity contribution in [3.05, 3.63) is 60.0 Å². The number of benzene rings is 2. The Bertz CT molecular complexity index is 719. The van der Waals surface area contributed by atoms with Crippen LogP contribution in [0.5, 0.6) is 0 Å². The maximum atomic E-state index is 10.9. The summed E-state index contributed by atoms with van der Waals surface area (Å²) < 4.78 is 38.5. The first-order valence-corrected chi connectivity index (χ1v) is 4.96. The van der Waals surface area contributed by atoms with E-state index in [9.17, 15) is 4.79 Å². The summed E-state index contributed by atoms with van der Waals surface area (Å²) >= 11 is 0. The third-order valence-corrected chi connectivity index (χ3v) is 2.12. The molecule has 0 atom stereocenters. The standard InChI is InChI=1S/C14H13NO2/c16-14(17)10-11-6-4-5-9-13(11)15-12-7-2-1-3-8-12/h1-9,15H,10H2,(H,16,17)/i1D,2D,3D,7D,8D. The van der Waals surface area contributed by atoms with Crippen molar-refractivity contribution in [3.8, 4) is 0 Å². The van der Waals surface area contributed by atoms with Crippen molar-refractivity contribution in [2.75, 3.05) is 5.32 Å². The molecule has 2 rings (SSSR count). The van der Waals surface area contributed by atoms with Gasteiger partial charge in [-0.05, 0) is 23.7 Å². The van der Waals surface area contributed by atoms with Gasteiger partial charge in [-0.1, -0.05) is 36.3 Å². The fourth-order valence-electron chi connectivity index (χ4n) is 1.41. The Balaban J connectivity index is 2.51. The highest BCUT2D eigenvalue weighted by Crippen LogP contribution is 2.20. The number of rotatable bonds is 4. The van der Waals surface area contributed by atoms with Crippen LogP contribution >= 0.6 is 0 Å². The highest BCUT2D eigenvalue weighted by Gasteiger charge is 2.05. The molecule has 2 N–H and O–H groups in total. The molecule has 0 fully saturated rings. The average molecular weight is 232 g/mol. The highest BCUT2D eigenvalue weighted by atomic mass is 16.4. The van der Waals surface area contributed by atoms with Gasteiger partial charge >= 0.3 is 5.97 Å². The fourth-order valence-corrected chi connectivity index (χ4v) is 1.41. The first-order valence-electron chi connectivity index (χ1n) is 7.46. The SMILES string of the molecule is [2H]c1c([2H])c([2H])c(Nc2ccccc2CC(=O)O)c([2H])c1[2H]. The van der Waals surface area contributed by atoms with Crippen LogP contribution in [0.25, 0.3) is 0 Å². The van der Waals surface area contributed by atoms with E-state index in [1.54, 1.807) is 24.3 Å². The summed E-state index contributed by atoms with van der Waals surface area (Å²) in [6.07, 6.45) is -0.234.